The van der Waals surface area contributed by atoms with Crippen LogP contribution in [0.3, 0.4) is 0 Å². The van der Waals surface area contributed by atoms with Crippen molar-refractivity contribution in [3.8, 4) is 0 Å². The van der Waals surface area contributed by atoms with Gasteiger partial charge in [0.15, 0.2) is 0 Å². The molecule has 0 bridgehead atoms. The Bertz CT molecular complexity index is 539. The zero-order valence-corrected chi connectivity index (χ0v) is 13.9. The van der Waals surface area contributed by atoms with Gasteiger partial charge in [-0.3, -0.25) is 4.79 Å². The molecule has 1 saturated heterocycles. The molecule has 1 aliphatic heterocycles. The number of esters is 1. The average Bonchev–Trinajstić information content (AvgIpc) is 2.56. The number of ether oxygens (including phenoxy) is 1. The van der Waals surface area contributed by atoms with Crippen molar-refractivity contribution < 1.29 is 14.3 Å². The van der Waals surface area contributed by atoms with E-state index in [2.05, 4.69) is 17.6 Å². The van der Waals surface area contributed by atoms with Gasteiger partial charge in [0.25, 0.3) is 0 Å². The minimum Gasteiger partial charge on any atom is -0.462 e. The highest BCUT2D eigenvalue weighted by Crippen LogP contribution is 2.23. The lowest BCUT2D eigenvalue weighted by Gasteiger charge is -2.28. The van der Waals surface area contributed by atoms with Crippen molar-refractivity contribution >= 4 is 17.6 Å². The van der Waals surface area contributed by atoms with E-state index in [0.29, 0.717) is 36.1 Å². The highest BCUT2D eigenvalue weighted by Gasteiger charge is 2.22. The standard InChI is InChI=1S/C18H26N2O3/c1-3-23-18(22)14-6-4-8-16(11-14)20-17(21)10-13(2)15-7-5-9-19-12-15/h4,6,8,11,13,15,19H,3,5,7,9-10,12H2,1-2H3,(H,20,21). The van der Waals surface area contributed by atoms with Gasteiger partial charge in [-0.05, 0) is 62.9 Å². The lowest BCUT2D eigenvalue weighted by atomic mass is 9.85. The number of carbonyl (C=O) groups excluding carboxylic acids is 2. The third kappa shape index (κ3) is 5.36. The van der Waals surface area contributed by atoms with Crippen molar-refractivity contribution in [2.75, 3.05) is 25.0 Å². The van der Waals surface area contributed by atoms with E-state index in [-0.39, 0.29) is 11.9 Å². The number of benzene rings is 1. The normalized spacial score (nSPS) is 19.0. The van der Waals surface area contributed by atoms with E-state index in [1.54, 1.807) is 31.2 Å². The Kier molecular flexibility index (Phi) is 6.59. The van der Waals surface area contributed by atoms with Crippen LogP contribution < -0.4 is 10.6 Å². The molecule has 23 heavy (non-hydrogen) atoms. The molecule has 1 aromatic carbocycles. The highest BCUT2D eigenvalue weighted by atomic mass is 16.5. The third-order valence-electron chi connectivity index (χ3n) is 4.30. The summed E-state index contributed by atoms with van der Waals surface area (Å²) in [6, 6.07) is 6.87. The zero-order valence-electron chi connectivity index (χ0n) is 13.9. The summed E-state index contributed by atoms with van der Waals surface area (Å²) in [6.07, 6.45) is 2.86. The average molecular weight is 318 g/mol. The molecule has 0 aromatic heterocycles. The van der Waals surface area contributed by atoms with Gasteiger partial charge in [-0.2, -0.15) is 0 Å². The molecule has 1 heterocycles. The molecule has 1 fully saturated rings. The van der Waals surface area contributed by atoms with Crippen molar-refractivity contribution in [3.63, 3.8) is 0 Å². The fourth-order valence-electron chi connectivity index (χ4n) is 2.97. The van der Waals surface area contributed by atoms with Crippen LogP contribution in [-0.2, 0) is 9.53 Å². The van der Waals surface area contributed by atoms with Crippen LogP contribution in [0.25, 0.3) is 0 Å². The molecule has 2 rings (SSSR count). The molecule has 2 atom stereocenters. The Hall–Kier alpha value is -1.88. The molecule has 5 nitrogen and oxygen atoms in total. The van der Waals surface area contributed by atoms with Crippen LogP contribution in [0.5, 0.6) is 0 Å². The van der Waals surface area contributed by atoms with Crippen molar-refractivity contribution in [1.82, 2.24) is 5.32 Å². The molecule has 126 valence electrons. The first-order valence-electron chi connectivity index (χ1n) is 8.38. The van der Waals surface area contributed by atoms with Crippen molar-refractivity contribution in [3.05, 3.63) is 29.8 Å². The second-order valence-electron chi connectivity index (χ2n) is 6.14. The number of hydrogen-bond acceptors (Lipinski definition) is 4. The minimum atomic E-state index is -0.370. The summed E-state index contributed by atoms with van der Waals surface area (Å²) >= 11 is 0. The lowest BCUT2D eigenvalue weighted by molar-refractivity contribution is -0.117. The number of anilines is 1. The molecule has 0 saturated carbocycles. The monoisotopic (exact) mass is 318 g/mol. The highest BCUT2D eigenvalue weighted by molar-refractivity contribution is 5.94. The van der Waals surface area contributed by atoms with Gasteiger partial charge in [0.05, 0.1) is 12.2 Å². The summed E-state index contributed by atoms with van der Waals surface area (Å²) in [6.45, 7) is 6.31. The molecule has 5 heteroatoms. The first kappa shape index (κ1) is 17.5. The first-order valence-corrected chi connectivity index (χ1v) is 8.38. The second kappa shape index (κ2) is 8.67. The molecular weight excluding hydrogens is 292 g/mol. The maximum absolute atomic E-state index is 12.2. The molecular formula is C18H26N2O3. The van der Waals surface area contributed by atoms with Crippen LogP contribution in [0.1, 0.15) is 43.5 Å². The largest absolute Gasteiger partial charge is 0.462 e. The molecule has 0 radical (unpaired) electrons. The van der Waals surface area contributed by atoms with Crippen molar-refractivity contribution in [2.24, 2.45) is 11.8 Å². The van der Waals surface area contributed by atoms with E-state index in [9.17, 15) is 9.59 Å². The maximum Gasteiger partial charge on any atom is 0.338 e. The number of carbonyl (C=O) groups is 2. The van der Waals surface area contributed by atoms with Crippen LogP contribution in [0.4, 0.5) is 5.69 Å². The zero-order chi connectivity index (χ0) is 16.7. The van der Waals surface area contributed by atoms with Crippen molar-refractivity contribution in [1.29, 1.82) is 0 Å². The predicted molar refractivity (Wildman–Crippen MR) is 90.4 cm³/mol. The SMILES string of the molecule is CCOC(=O)c1cccc(NC(=O)CC(C)C2CCCNC2)c1. The Labute approximate surface area is 137 Å². The summed E-state index contributed by atoms with van der Waals surface area (Å²) < 4.78 is 4.97. The molecule has 2 unspecified atom stereocenters. The summed E-state index contributed by atoms with van der Waals surface area (Å²) in [4.78, 5) is 23.9. The molecule has 1 aliphatic rings. The van der Waals surface area contributed by atoms with Crippen LogP contribution >= 0.6 is 0 Å². The van der Waals surface area contributed by atoms with Crippen LogP contribution in [0.2, 0.25) is 0 Å². The quantitative estimate of drug-likeness (QED) is 0.792. The van der Waals surface area contributed by atoms with Gasteiger partial charge in [0.1, 0.15) is 0 Å². The number of amides is 1. The number of nitrogens with one attached hydrogen (secondary N) is 2. The molecule has 1 aromatic rings. The number of hydrogen-bond donors (Lipinski definition) is 2. The van der Waals surface area contributed by atoms with E-state index in [0.717, 1.165) is 13.1 Å². The van der Waals surface area contributed by atoms with Gasteiger partial charge in [0, 0.05) is 12.1 Å². The smallest absolute Gasteiger partial charge is 0.338 e. The maximum atomic E-state index is 12.2. The van der Waals surface area contributed by atoms with Gasteiger partial charge < -0.3 is 15.4 Å². The van der Waals surface area contributed by atoms with E-state index in [1.807, 2.05) is 0 Å². The summed E-state index contributed by atoms with van der Waals surface area (Å²) in [7, 11) is 0. The second-order valence-corrected chi connectivity index (χ2v) is 6.14. The van der Waals surface area contributed by atoms with Gasteiger partial charge in [-0.1, -0.05) is 13.0 Å². The fourth-order valence-corrected chi connectivity index (χ4v) is 2.97. The first-order chi connectivity index (χ1) is 11.1. The van der Waals surface area contributed by atoms with Crippen molar-refractivity contribution in [2.45, 2.75) is 33.1 Å². The van der Waals surface area contributed by atoms with Crippen LogP contribution in [0.15, 0.2) is 24.3 Å². The summed E-state index contributed by atoms with van der Waals surface area (Å²) in [5, 5.41) is 6.27. The summed E-state index contributed by atoms with van der Waals surface area (Å²) in [5.74, 6) is 0.519. The Balaban J connectivity index is 1.89. The number of piperidine rings is 1. The Morgan fingerprint density at radius 1 is 1.43 bits per heavy atom. The lowest BCUT2D eigenvalue weighted by Crippen LogP contribution is -2.34. The van der Waals surface area contributed by atoms with Crippen LogP contribution in [-0.4, -0.2) is 31.6 Å². The van der Waals surface area contributed by atoms with Gasteiger partial charge >= 0.3 is 5.97 Å². The topological polar surface area (TPSA) is 67.4 Å². The van der Waals surface area contributed by atoms with E-state index >= 15 is 0 Å². The third-order valence-corrected chi connectivity index (χ3v) is 4.30. The minimum absolute atomic E-state index is 0.0101. The van der Waals surface area contributed by atoms with Gasteiger partial charge in [-0.15, -0.1) is 0 Å². The molecule has 0 spiro atoms. The molecule has 0 aliphatic carbocycles. The van der Waals surface area contributed by atoms with E-state index < -0.39 is 0 Å². The fraction of sp³-hybridized carbons (Fsp3) is 0.556. The Morgan fingerprint density at radius 2 is 2.26 bits per heavy atom. The van der Waals surface area contributed by atoms with Gasteiger partial charge in [-0.25, -0.2) is 4.79 Å². The van der Waals surface area contributed by atoms with Crippen LogP contribution in [0, 0.1) is 11.8 Å². The van der Waals surface area contributed by atoms with E-state index in [4.69, 9.17) is 4.74 Å². The number of rotatable bonds is 6. The molecule has 2 N–H and O–H groups in total. The van der Waals surface area contributed by atoms with E-state index in [1.165, 1.54) is 12.8 Å². The predicted octanol–water partition coefficient (Wildman–Crippen LogP) is 2.83. The summed E-state index contributed by atoms with van der Waals surface area (Å²) in [5.41, 5.74) is 1.09. The van der Waals surface area contributed by atoms with Gasteiger partial charge in [0.2, 0.25) is 5.91 Å². The Morgan fingerprint density at radius 3 is 2.96 bits per heavy atom. The molecule has 1 amide bonds.